The van der Waals surface area contributed by atoms with Gasteiger partial charge < -0.3 is 14.3 Å². The zero-order valence-corrected chi connectivity index (χ0v) is 13.1. The van der Waals surface area contributed by atoms with Gasteiger partial charge in [-0.25, -0.2) is 0 Å². The van der Waals surface area contributed by atoms with E-state index < -0.39 is 5.97 Å². The summed E-state index contributed by atoms with van der Waals surface area (Å²) in [5.41, 5.74) is 0. The van der Waals surface area contributed by atoms with E-state index in [0.29, 0.717) is 34.4 Å². The standard InChI is InChI=1S/C14H15NO4S2/c1-9-5-6-10(19-9)8-11-13(18)15(14(20)21-11)7-3-2-4-12(16)17/h5-6,8H,2-4,7H2,1H3,(H,16,17)/p-1. The van der Waals surface area contributed by atoms with Gasteiger partial charge in [0.05, 0.1) is 4.91 Å². The minimum absolute atomic E-state index is 0.00367. The van der Waals surface area contributed by atoms with E-state index in [0.717, 1.165) is 5.76 Å². The molecule has 112 valence electrons. The van der Waals surface area contributed by atoms with Gasteiger partial charge in [0.15, 0.2) is 0 Å². The summed E-state index contributed by atoms with van der Waals surface area (Å²) in [7, 11) is 0. The second-order valence-corrected chi connectivity index (χ2v) is 6.29. The fourth-order valence-electron chi connectivity index (χ4n) is 1.89. The Morgan fingerprint density at radius 3 is 2.86 bits per heavy atom. The van der Waals surface area contributed by atoms with Gasteiger partial charge in [-0.2, -0.15) is 0 Å². The fraction of sp³-hybridized carbons (Fsp3) is 0.357. The first kappa shape index (κ1) is 15.8. The summed E-state index contributed by atoms with van der Waals surface area (Å²) in [6, 6.07) is 3.62. The van der Waals surface area contributed by atoms with E-state index in [2.05, 4.69) is 0 Å². The van der Waals surface area contributed by atoms with E-state index in [9.17, 15) is 14.7 Å². The van der Waals surface area contributed by atoms with Crippen LogP contribution in [0.3, 0.4) is 0 Å². The molecule has 0 atom stereocenters. The van der Waals surface area contributed by atoms with Gasteiger partial charge in [0, 0.05) is 18.6 Å². The van der Waals surface area contributed by atoms with Crippen molar-refractivity contribution in [1.29, 1.82) is 0 Å². The number of amides is 1. The second-order valence-electron chi connectivity index (χ2n) is 4.61. The summed E-state index contributed by atoms with van der Waals surface area (Å²) in [6.45, 7) is 2.26. The first-order valence-corrected chi connectivity index (χ1v) is 7.71. The zero-order valence-electron chi connectivity index (χ0n) is 11.5. The van der Waals surface area contributed by atoms with Crippen LogP contribution in [0.5, 0.6) is 0 Å². The molecule has 0 unspecified atom stereocenters. The molecular weight excluding hydrogens is 310 g/mol. The average Bonchev–Trinajstić information content (AvgIpc) is 2.92. The number of unbranched alkanes of at least 4 members (excludes halogenated alkanes) is 1. The lowest BCUT2D eigenvalue weighted by Gasteiger charge is -2.14. The number of carboxylic acid groups (broad SMARTS) is 1. The van der Waals surface area contributed by atoms with Crippen LogP contribution in [0.2, 0.25) is 0 Å². The SMILES string of the molecule is Cc1ccc(C=C2SC(=S)N(CCCCC(=O)[O-])C2=O)o1. The number of thioether (sulfide) groups is 1. The van der Waals surface area contributed by atoms with Crippen molar-refractivity contribution >= 4 is 46.3 Å². The summed E-state index contributed by atoms with van der Waals surface area (Å²) < 4.78 is 5.90. The summed E-state index contributed by atoms with van der Waals surface area (Å²) >= 11 is 6.42. The van der Waals surface area contributed by atoms with Gasteiger partial charge in [-0.3, -0.25) is 9.69 Å². The minimum atomic E-state index is -1.08. The van der Waals surface area contributed by atoms with E-state index in [1.807, 2.05) is 13.0 Å². The molecule has 1 aliphatic heterocycles. The molecule has 2 rings (SSSR count). The van der Waals surface area contributed by atoms with E-state index >= 15 is 0 Å². The Kier molecular flexibility index (Phi) is 5.19. The lowest BCUT2D eigenvalue weighted by atomic mass is 10.2. The summed E-state index contributed by atoms with van der Waals surface area (Å²) in [6.07, 6.45) is 2.72. The van der Waals surface area contributed by atoms with Gasteiger partial charge in [-0.1, -0.05) is 24.0 Å². The number of carbonyl (C=O) groups excluding carboxylic acids is 2. The van der Waals surface area contributed by atoms with Gasteiger partial charge in [0.25, 0.3) is 5.91 Å². The molecule has 1 aromatic heterocycles. The average molecular weight is 324 g/mol. The van der Waals surface area contributed by atoms with Gasteiger partial charge in [-0.05, 0) is 38.3 Å². The van der Waals surface area contributed by atoms with Crippen LogP contribution in [0.15, 0.2) is 21.5 Å². The summed E-state index contributed by atoms with van der Waals surface area (Å²) in [5, 5.41) is 10.3. The van der Waals surface area contributed by atoms with Crippen LogP contribution in [0, 0.1) is 6.92 Å². The number of aryl methyl sites for hydroxylation is 1. The van der Waals surface area contributed by atoms with Crippen molar-refractivity contribution in [1.82, 2.24) is 4.90 Å². The van der Waals surface area contributed by atoms with Gasteiger partial charge >= 0.3 is 0 Å². The normalized spacial score (nSPS) is 17.0. The number of aliphatic carboxylic acids is 1. The highest BCUT2D eigenvalue weighted by atomic mass is 32.2. The largest absolute Gasteiger partial charge is 0.550 e. The van der Waals surface area contributed by atoms with Crippen molar-refractivity contribution in [3.8, 4) is 0 Å². The molecule has 1 saturated heterocycles. The molecule has 5 nitrogen and oxygen atoms in total. The molecule has 1 aromatic rings. The molecule has 1 fully saturated rings. The molecule has 0 aromatic carbocycles. The van der Waals surface area contributed by atoms with Crippen LogP contribution < -0.4 is 5.11 Å². The maximum Gasteiger partial charge on any atom is 0.266 e. The number of furan rings is 1. The van der Waals surface area contributed by atoms with Crippen molar-refractivity contribution in [2.45, 2.75) is 26.2 Å². The first-order valence-electron chi connectivity index (χ1n) is 6.49. The molecule has 0 aliphatic carbocycles. The van der Waals surface area contributed by atoms with Crippen LogP contribution in [-0.2, 0) is 9.59 Å². The van der Waals surface area contributed by atoms with Crippen molar-refractivity contribution in [2.24, 2.45) is 0 Å². The molecule has 0 radical (unpaired) electrons. The van der Waals surface area contributed by atoms with Gasteiger partial charge in [0.1, 0.15) is 15.8 Å². The second kappa shape index (κ2) is 6.91. The van der Waals surface area contributed by atoms with E-state index in [-0.39, 0.29) is 12.3 Å². The smallest absolute Gasteiger partial charge is 0.266 e. The van der Waals surface area contributed by atoms with Crippen LogP contribution in [-0.4, -0.2) is 27.6 Å². The van der Waals surface area contributed by atoms with E-state index in [1.165, 1.54) is 16.7 Å². The molecule has 0 bridgehead atoms. The predicted octanol–water partition coefficient (Wildman–Crippen LogP) is 1.71. The molecule has 0 spiro atoms. The van der Waals surface area contributed by atoms with Crippen LogP contribution in [0.25, 0.3) is 6.08 Å². The van der Waals surface area contributed by atoms with E-state index in [4.69, 9.17) is 16.6 Å². The molecule has 0 saturated carbocycles. The molecule has 7 heteroatoms. The molecule has 1 amide bonds. The number of nitrogens with zero attached hydrogens (tertiary/aromatic N) is 1. The summed E-state index contributed by atoms with van der Waals surface area (Å²) in [4.78, 5) is 24.6. The zero-order chi connectivity index (χ0) is 15.4. The monoisotopic (exact) mass is 324 g/mol. The van der Waals surface area contributed by atoms with Crippen LogP contribution in [0.1, 0.15) is 30.8 Å². The van der Waals surface area contributed by atoms with Crippen LogP contribution >= 0.6 is 24.0 Å². The van der Waals surface area contributed by atoms with Gasteiger partial charge in [-0.15, -0.1) is 0 Å². The number of thiocarbonyl (C=S) groups is 1. The number of hydrogen-bond acceptors (Lipinski definition) is 6. The maximum atomic E-state index is 12.2. The topological polar surface area (TPSA) is 73.6 Å². The predicted molar refractivity (Wildman–Crippen MR) is 82.2 cm³/mol. The van der Waals surface area contributed by atoms with Crippen molar-refractivity contribution in [2.75, 3.05) is 6.54 Å². The third kappa shape index (κ3) is 4.18. The lowest BCUT2D eigenvalue weighted by molar-refractivity contribution is -0.305. The number of hydrogen-bond donors (Lipinski definition) is 0. The number of carbonyl (C=O) groups is 2. The Labute approximate surface area is 132 Å². The van der Waals surface area contributed by atoms with Crippen molar-refractivity contribution in [3.05, 3.63) is 28.6 Å². The lowest BCUT2D eigenvalue weighted by Crippen LogP contribution is -2.29. The molecule has 0 N–H and O–H groups in total. The fourth-order valence-corrected chi connectivity index (χ4v) is 3.18. The highest BCUT2D eigenvalue weighted by Crippen LogP contribution is 2.32. The van der Waals surface area contributed by atoms with Crippen LogP contribution in [0.4, 0.5) is 0 Å². The van der Waals surface area contributed by atoms with Crippen molar-refractivity contribution in [3.63, 3.8) is 0 Å². The number of rotatable bonds is 6. The maximum absolute atomic E-state index is 12.2. The highest BCUT2D eigenvalue weighted by Gasteiger charge is 2.31. The third-order valence-corrected chi connectivity index (χ3v) is 4.30. The van der Waals surface area contributed by atoms with Gasteiger partial charge in [0.2, 0.25) is 0 Å². The van der Waals surface area contributed by atoms with E-state index in [1.54, 1.807) is 12.1 Å². The summed E-state index contributed by atoms with van der Waals surface area (Å²) in [5.74, 6) is 0.157. The quantitative estimate of drug-likeness (QED) is 0.450. The highest BCUT2D eigenvalue weighted by molar-refractivity contribution is 8.26. The van der Waals surface area contributed by atoms with Crippen molar-refractivity contribution < 1.29 is 19.1 Å². The Balaban J connectivity index is 1.96. The Bertz CT molecular complexity index is 606. The number of carboxylic acids is 1. The molecular formula is C14H14NO4S2-. The molecule has 1 aliphatic rings. The first-order chi connectivity index (χ1) is 9.97. The molecule has 21 heavy (non-hydrogen) atoms. The third-order valence-electron chi connectivity index (χ3n) is 2.92. The Hall–Kier alpha value is -1.60. The Morgan fingerprint density at radius 2 is 2.24 bits per heavy atom. The Morgan fingerprint density at radius 1 is 1.48 bits per heavy atom. The minimum Gasteiger partial charge on any atom is -0.550 e. The molecule has 2 heterocycles.